The maximum Gasteiger partial charge on any atom is 0.407 e. The van der Waals surface area contributed by atoms with Gasteiger partial charge in [-0.1, -0.05) is 39.5 Å². The fraction of sp³-hybridized carbons (Fsp3) is 0.960. The normalized spacial score (nSPS) is 11.3. The van der Waals surface area contributed by atoms with Crippen LogP contribution in [0.15, 0.2) is 0 Å². The van der Waals surface area contributed by atoms with Crippen molar-refractivity contribution in [3.63, 3.8) is 0 Å². The molecule has 0 aromatic carbocycles. The van der Waals surface area contributed by atoms with Crippen molar-refractivity contribution in [1.29, 1.82) is 0 Å². The van der Waals surface area contributed by atoms with Crippen LogP contribution in [0, 0.1) is 0 Å². The zero-order chi connectivity index (χ0) is 25.2. The Balaban J connectivity index is 0. The molecule has 0 spiro atoms. The first kappa shape index (κ1) is 34.2. The van der Waals surface area contributed by atoms with E-state index in [0.717, 1.165) is 71.0 Å². The van der Waals surface area contributed by atoms with E-state index in [1.54, 1.807) is 0 Å². The number of rotatable bonds is 21. The Morgan fingerprint density at radius 2 is 1.21 bits per heavy atom. The number of alkyl carbamates (subject to hydrolysis) is 1. The van der Waals surface area contributed by atoms with Gasteiger partial charge in [-0.15, -0.1) is 0 Å². The quantitative estimate of drug-likeness (QED) is 0.215. The van der Waals surface area contributed by atoms with Crippen LogP contribution < -0.4 is 5.32 Å². The van der Waals surface area contributed by atoms with Crippen LogP contribution in [0.25, 0.3) is 0 Å². The lowest BCUT2D eigenvalue weighted by Gasteiger charge is -2.22. The molecule has 8 heteroatoms. The van der Waals surface area contributed by atoms with Gasteiger partial charge < -0.3 is 34.6 Å². The molecular weight excluding hydrogens is 424 g/mol. The topological polar surface area (TPSA) is 100 Å². The fourth-order valence-corrected chi connectivity index (χ4v) is 2.99. The Labute approximate surface area is 203 Å². The molecule has 33 heavy (non-hydrogen) atoms. The fourth-order valence-electron chi connectivity index (χ4n) is 2.99. The van der Waals surface area contributed by atoms with E-state index in [1.807, 2.05) is 34.6 Å². The van der Waals surface area contributed by atoms with Crippen LogP contribution in [0.1, 0.15) is 86.0 Å². The summed E-state index contributed by atoms with van der Waals surface area (Å²) in [5.41, 5.74) is -0.495. The summed E-state index contributed by atoms with van der Waals surface area (Å²) in [6.07, 6.45) is 8.08. The smallest absolute Gasteiger partial charge is 0.407 e. The van der Waals surface area contributed by atoms with Crippen LogP contribution in [0.5, 0.6) is 0 Å². The lowest BCUT2D eigenvalue weighted by Crippen LogP contribution is -2.34. The van der Waals surface area contributed by atoms with Gasteiger partial charge in [0.2, 0.25) is 0 Å². The third kappa shape index (κ3) is 29.0. The Hall–Kier alpha value is -0.930. The number of amides is 1. The summed E-state index contributed by atoms with van der Waals surface area (Å²) >= 11 is 0. The molecular formula is C25H54N2O6. The zero-order valence-corrected chi connectivity index (χ0v) is 22.2. The van der Waals surface area contributed by atoms with E-state index in [9.17, 15) is 4.79 Å². The molecule has 0 radical (unpaired) electrons. The molecule has 0 atom stereocenters. The average Bonchev–Trinajstić information content (AvgIpc) is 2.77. The number of ether oxygens (including phenoxy) is 3. The van der Waals surface area contributed by atoms with Gasteiger partial charge in [-0.05, 0) is 59.5 Å². The van der Waals surface area contributed by atoms with E-state index in [2.05, 4.69) is 10.2 Å². The van der Waals surface area contributed by atoms with Gasteiger partial charge in [0, 0.05) is 26.3 Å². The summed E-state index contributed by atoms with van der Waals surface area (Å²) in [6, 6.07) is 0. The van der Waals surface area contributed by atoms with Crippen LogP contribution in [0.4, 0.5) is 4.79 Å². The predicted octanol–water partition coefficient (Wildman–Crippen LogP) is 3.98. The maximum absolute atomic E-state index is 11.5. The summed E-state index contributed by atoms with van der Waals surface area (Å²) in [7, 11) is 0. The number of nitrogens with zero attached hydrogens (tertiary/aromatic N) is 1. The number of aliphatic hydroxyl groups excluding tert-OH is 2. The molecule has 0 rings (SSSR count). The summed E-state index contributed by atoms with van der Waals surface area (Å²) in [6.45, 7) is 15.6. The van der Waals surface area contributed by atoms with Crippen LogP contribution >= 0.6 is 0 Å². The van der Waals surface area contributed by atoms with Gasteiger partial charge in [-0.2, -0.15) is 0 Å². The van der Waals surface area contributed by atoms with Gasteiger partial charge in [-0.25, -0.2) is 4.79 Å². The lowest BCUT2D eigenvalue weighted by molar-refractivity contribution is 0.0342. The second-order valence-electron chi connectivity index (χ2n) is 8.77. The minimum absolute atomic E-state index is 0.279. The molecule has 0 aliphatic carbocycles. The third-order valence-corrected chi connectivity index (χ3v) is 4.60. The van der Waals surface area contributed by atoms with Crippen LogP contribution in [0.2, 0.25) is 0 Å². The highest BCUT2D eigenvalue weighted by atomic mass is 16.6. The minimum atomic E-state index is -0.495. The largest absolute Gasteiger partial charge is 0.444 e. The molecule has 0 heterocycles. The maximum atomic E-state index is 11.5. The highest BCUT2D eigenvalue weighted by Crippen LogP contribution is 2.06. The average molecular weight is 479 g/mol. The standard InChI is InChI=1S/C23H48N2O6.C2H6/c1-23(2,3)31-22(28)24-12-18-29-20-21-30-19-15-25(13-8-4-6-10-16-26)14-9-5-7-11-17-27;1-2/h26-27H,4-21H2,1-3H3,(H,24,28);1-2H3. The molecule has 0 saturated carbocycles. The Morgan fingerprint density at radius 3 is 1.70 bits per heavy atom. The van der Waals surface area contributed by atoms with Gasteiger partial charge in [0.1, 0.15) is 5.60 Å². The number of nitrogens with one attached hydrogen (secondary N) is 1. The van der Waals surface area contributed by atoms with Crippen molar-refractivity contribution >= 4 is 6.09 Å². The Morgan fingerprint density at radius 1 is 0.727 bits per heavy atom. The molecule has 3 N–H and O–H groups in total. The SMILES string of the molecule is CC.CC(C)(C)OC(=O)NCCOCCOCCN(CCCCCCO)CCCCCCO. The van der Waals surface area contributed by atoms with Crippen molar-refractivity contribution in [1.82, 2.24) is 10.2 Å². The molecule has 1 amide bonds. The molecule has 0 aromatic heterocycles. The Kier molecular flexibility index (Phi) is 26.7. The number of hydrogen-bond donors (Lipinski definition) is 3. The van der Waals surface area contributed by atoms with Crippen LogP contribution in [0.3, 0.4) is 0 Å². The van der Waals surface area contributed by atoms with Crippen molar-refractivity contribution in [3.05, 3.63) is 0 Å². The highest BCUT2D eigenvalue weighted by molar-refractivity contribution is 5.67. The summed E-state index contributed by atoms with van der Waals surface area (Å²) < 4.78 is 16.3. The highest BCUT2D eigenvalue weighted by Gasteiger charge is 2.15. The van der Waals surface area contributed by atoms with Crippen molar-refractivity contribution in [3.8, 4) is 0 Å². The van der Waals surface area contributed by atoms with Gasteiger partial charge in [0.05, 0.1) is 26.4 Å². The number of carbonyl (C=O) groups excluding carboxylic acids is 1. The van der Waals surface area contributed by atoms with Gasteiger partial charge >= 0.3 is 6.09 Å². The van der Waals surface area contributed by atoms with Crippen LogP contribution in [-0.2, 0) is 14.2 Å². The molecule has 0 aromatic rings. The van der Waals surface area contributed by atoms with Gasteiger partial charge in [0.15, 0.2) is 0 Å². The van der Waals surface area contributed by atoms with E-state index in [4.69, 9.17) is 24.4 Å². The molecule has 200 valence electrons. The first-order valence-corrected chi connectivity index (χ1v) is 13.0. The summed E-state index contributed by atoms with van der Waals surface area (Å²) in [4.78, 5) is 14.0. The first-order valence-electron chi connectivity index (χ1n) is 13.0. The number of aliphatic hydroxyl groups is 2. The monoisotopic (exact) mass is 478 g/mol. The number of hydrogen-bond acceptors (Lipinski definition) is 7. The second-order valence-corrected chi connectivity index (χ2v) is 8.77. The van der Waals surface area contributed by atoms with E-state index in [0.29, 0.717) is 33.0 Å². The van der Waals surface area contributed by atoms with Crippen molar-refractivity contribution in [2.75, 3.05) is 65.8 Å². The molecule has 0 aliphatic rings. The molecule has 0 fully saturated rings. The number of unbranched alkanes of at least 4 members (excludes halogenated alkanes) is 6. The van der Waals surface area contributed by atoms with Crippen molar-refractivity contribution in [2.45, 2.75) is 91.6 Å². The molecule has 8 nitrogen and oxygen atoms in total. The van der Waals surface area contributed by atoms with Crippen molar-refractivity contribution < 1.29 is 29.2 Å². The summed E-state index contributed by atoms with van der Waals surface area (Å²) in [5, 5.41) is 20.4. The van der Waals surface area contributed by atoms with Crippen LogP contribution in [-0.4, -0.2) is 92.6 Å². The first-order chi connectivity index (χ1) is 15.9. The van der Waals surface area contributed by atoms with E-state index >= 15 is 0 Å². The zero-order valence-electron chi connectivity index (χ0n) is 22.2. The van der Waals surface area contributed by atoms with E-state index in [1.165, 1.54) is 0 Å². The Bertz CT molecular complexity index is 391. The molecule has 0 unspecified atom stereocenters. The van der Waals surface area contributed by atoms with Gasteiger partial charge in [0.25, 0.3) is 0 Å². The van der Waals surface area contributed by atoms with Gasteiger partial charge in [-0.3, -0.25) is 0 Å². The minimum Gasteiger partial charge on any atom is -0.444 e. The summed E-state index contributed by atoms with van der Waals surface area (Å²) in [5.74, 6) is 0. The second kappa shape index (κ2) is 25.7. The predicted molar refractivity (Wildman–Crippen MR) is 135 cm³/mol. The third-order valence-electron chi connectivity index (χ3n) is 4.60. The molecule has 0 saturated heterocycles. The lowest BCUT2D eigenvalue weighted by atomic mass is 10.1. The number of carbonyl (C=O) groups is 1. The van der Waals surface area contributed by atoms with Crippen molar-refractivity contribution in [2.24, 2.45) is 0 Å². The molecule has 0 aliphatic heterocycles. The van der Waals surface area contributed by atoms with E-state index in [-0.39, 0.29) is 13.2 Å². The molecule has 0 bridgehead atoms. The van der Waals surface area contributed by atoms with E-state index < -0.39 is 11.7 Å².